The normalized spacial score (nSPS) is 12.4. The molecule has 1 heterocycles. The van der Waals surface area contributed by atoms with E-state index in [1.54, 1.807) is 11.3 Å². The van der Waals surface area contributed by atoms with Gasteiger partial charge in [0.25, 0.3) is 0 Å². The van der Waals surface area contributed by atoms with Gasteiger partial charge in [0.1, 0.15) is 0 Å². The van der Waals surface area contributed by atoms with Crippen LogP contribution in [0, 0.1) is 13.8 Å². The highest BCUT2D eigenvalue weighted by Gasteiger charge is 2.10. The molecule has 0 aliphatic rings. The molecule has 1 atom stereocenters. The second-order valence-electron chi connectivity index (χ2n) is 4.04. The van der Waals surface area contributed by atoms with Gasteiger partial charge in [0, 0.05) is 10.6 Å². The zero-order valence-electron chi connectivity index (χ0n) is 9.82. The van der Waals surface area contributed by atoms with Gasteiger partial charge in [-0.3, -0.25) is 0 Å². The largest absolute Gasteiger partial charge is 0.378 e. The Labute approximate surface area is 100 Å². The van der Waals surface area contributed by atoms with Crippen molar-refractivity contribution in [3.05, 3.63) is 45.9 Å². The third-order valence-electron chi connectivity index (χ3n) is 2.58. The number of aryl methyl sites for hydroxylation is 2. The number of aromatic nitrogens is 1. The Kier molecular flexibility index (Phi) is 3.25. The van der Waals surface area contributed by atoms with E-state index in [4.69, 9.17) is 0 Å². The summed E-state index contributed by atoms with van der Waals surface area (Å²) in [4.78, 5) is 5.58. The molecule has 0 fully saturated rings. The Hall–Kier alpha value is -1.35. The van der Waals surface area contributed by atoms with Gasteiger partial charge in [-0.1, -0.05) is 12.1 Å². The van der Waals surface area contributed by atoms with E-state index >= 15 is 0 Å². The summed E-state index contributed by atoms with van der Waals surface area (Å²) in [5, 5.41) is 3.50. The molecule has 2 nitrogen and oxygen atoms in total. The van der Waals surface area contributed by atoms with Crippen molar-refractivity contribution in [1.82, 2.24) is 4.98 Å². The van der Waals surface area contributed by atoms with Crippen molar-refractivity contribution in [3.8, 4) is 0 Å². The van der Waals surface area contributed by atoms with Crippen molar-refractivity contribution in [3.63, 3.8) is 0 Å². The van der Waals surface area contributed by atoms with Crippen molar-refractivity contribution in [2.75, 3.05) is 5.32 Å². The van der Waals surface area contributed by atoms with Crippen LogP contribution in [0.3, 0.4) is 0 Å². The minimum absolute atomic E-state index is 0.314. The van der Waals surface area contributed by atoms with E-state index in [-0.39, 0.29) is 0 Å². The van der Waals surface area contributed by atoms with Crippen LogP contribution in [0.5, 0.6) is 0 Å². The molecule has 0 radical (unpaired) electrons. The summed E-state index contributed by atoms with van der Waals surface area (Å²) in [7, 11) is 0. The first-order valence-corrected chi connectivity index (χ1v) is 6.28. The Morgan fingerprint density at radius 3 is 2.75 bits per heavy atom. The summed E-state index contributed by atoms with van der Waals surface area (Å²) in [6, 6.07) is 8.75. The molecule has 0 amide bonds. The number of anilines is 1. The maximum atomic E-state index is 4.28. The fraction of sp³-hybridized carbons (Fsp3) is 0.308. The van der Waals surface area contributed by atoms with Gasteiger partial charge >= 0.3 is 0 Å². The molecule has 2 rings (SSSR count). The topological polar surface area (TPSA) is 24.9 Å². The van der Waals surface area contributed by atoms with Crippen molar-refractivity contribution < 1.29 is 0 Å². The molecule has 84 valence electrons. The molecule has 0 spiro atoms. The standard InChI is InChI=1S/C13H16N2S/c1-9-5-4-6-12(7-9)15-11(3)13-10(2)14-8-16-13/h4-8,11,15H,1-3H3. The zero-order chi connectivity index (χ0) is 11.5. The number of thiazole rings is 1. The van der Waals surface area contributed by atoms with Crippen LogP contribution in [0.15, 0.2) is 29.8 Å². The minimum atomic E-state index is 0.314. The molecule has 0 aliphatic heterocycles. The lowest BCUT2D eigenvalue weighted by molar-refractivity contribution is 0.890. The maximum absolute atomic E-state index is 4.28. The quantitative estimate of drug-likeness (QED) is 0.867. The summed E-state index contributed by atoms with van der Waals surface area (Å²) >= 11 is 1.71. The van der Waals surface area contributed by atoms with Crippen LogP contribution in [0.2, 0.25) is 0 Å². The van der Waals surface area contributed by atoms with Gasteiger partial charge in [-0.15, -0.1) is 11.3 Å². The molecular weight excluding hydrogens is 216 g/mol. The van der Waals surface area contributed by atoms with E-state index < -0.39 is 0 Å². The van der Waals surface area contributed by atoms with Gasteiger partial charge in [0.05, 0.1) is 17.2 Å². The first-order chi connectivity index (χ1) is 7.66. The van der Waals surface area contributed by atoms with Gasteiger partial charge in [-0.25, -0.2) is 4.98 Å². The van der Waals surface area contributed by atoms with Crippen LogP contribution in [0.25, 0.3) is 0 Å². The number of hydrogen-bond donors (Lipinski definition) is 1. The van der Waals surface area contributed by atoms with Gasteiger partial charge in [-0.2, -0.15) is 0 Å². The number of benzene rings is 1. The molecule has 2 aromatic rings. The highest BCUT2D eigenvalue weighted by Crippen LogP contribution is 2.25. The van der Waals surface area contributed by atoms with Gasteiger partial charge in [0.2, 0.25) is 0 Å². The predicted octanol–water partition coefficient (Wildman–Crippen LogP) is 3.93. The SMILES string of the molecule is Cc1cccc(NC(C)c2scnc2C)c1. The van der Waals surface area contributed by atoms with Gasteiger partial charge in [-0.05, 0) is 38.5 Å². The van der Waals surface area contributed by atoms with E-state index in [1.165, 1.54) is 16.1 Å². The minimum Gasteiger partial charge on any atom is -0.378 e. The van der Waals surface area contributed by atoms with Gasteiger partial charge in [0.15, 0.2) is 0 Å². The molecule has 0 saturated carbocycles. The van der Waals surface area contributed by atoms with Crippen LogP contribution in [0.1, 0.15) is 29.1 Å². The predicted molar refractivity (Wildman–Crippen MR) is 70.1 cm³/mol. The summed E-state index contributed by atoms with van der Waals surface area (Å²) in [5.74, 6) is 0. The number of nitrogens with one attached hydrogen (secondary N) is 1. The number of hydrogen-bond acceptors (Lipinski definition) is 3. The van der Waals surface area contributed by atoms with E-state index in [9.17, 15) is 0 Å². The van der Waals surface area contributed by atoms with Crippen molar-refractivity contribution in [2.45, 2.75) is 26.8 Å². The Balaban J connectivity index is 2.14. The third-order valence-corrected chi connectivity index (χ3v) is 3.69. The lowest BCUT2D eigenvalue weighted by Crippen LogP contribution is -2.06. The zero-order valence-corrected chi connectivity index (χ0v) is 10.6. The first-order valence-electron chi connectivity index (χ1n) is 5.40. The van der Waals surface area contributed by atoms with E-state index in [0.717, 1.165) is 5.69 Å². The summed E-state index contributed by atoms with van der Waals surface area (Å²) in [5.41, 5.74) is 5.47. The first kappa shape index (κ1) is 11.1. The number of nitrogens with zero attached hydrogens (tertiary/aromatic N) is 1. The lowest BCUT2D eigenvalue weighted by Gasteiger charge is -2.14. The maximum Gasteiger partial charge on any atom is 0.0798 e. The van der Waals surface area contributed by atoms with Crippen LogP contribution in [0.4, 0.5) is 5.69 Å². The number of rotatable bonds is 3. The second kappa shape index (κ2) is 4.66. The molecule has 1 N–H and O–H groups in total. The summed E-state index contributed by atoms with van der Waals surface area (Å²) in [6.07, 6.45) is 0. The monoisotopic (exact) mass is 232 g/mol. The van der Waals surface area contributed by atoms with E-state index in [0.29, 0.717) is 6.04 Å². The Morgan fingerprint density at radius 2 is 2.12 bits per heavy atom. The smallest absolute Gasteiger partial charge is 0.0798 e. The van der Waals surface area contributed by atoms with Crippen LogP contribution in [-0.4, -0.2) is 4.98 Å². The Morgan fingerprint density at radius 1 is 1.31 bits per heavy atom. The van der Waals surface area contributed by atoms with E-state index in [2.05, 4.69) is 55.3 Å². The molecule has 1 aromatic carbocycles. The fourth-order valence-corrected chi connectivity index (χ4v) is 2.59. The lowest BCUT2D eigenvalue weighted by atomic mass is 10.2. The molecule has 0 aliphatic carbocycles. The molecule has 1 aromatic heterocycles. The van der Waals surface area contributed by atoms with Crippen molar-refractivity contribution in [1.29, 1.82) is 0 Å². The van der Waals surface area contributed by atoms with Crippen molar-refractivity contribution in [2.24, 2.45) is 0 Å². The second-order valence-corrected chi connectivity index (χ2v) is 4.92. The molecule has 16 heavy (non-hydrogen) atoms. The molecular formula is C13H16N2S. The van der Waals surface area contributed by atoms with E-state index in [1.807, 2.05) is 5.51 Å². The van der Waals surface area contributed by atoms with Gasteiger partial charge < -0.3 is 5.32 Å². The van der Waals surface area contributed by atoms with Crippen LogP contribution in [-0.2, 0) is 0 Å². The average molecular weight is 232 g/mol. The summed E-state index contributed by atoms with van der Waals surface area (Å²) in [6.45, 7) is 6.33. The van der Waals surface area contributed by atoms with Crippen LogP contribution >= 0.6 is 11.3 Å². The highest BCUT2D eigenvalue weighted by molar-refractivity contribution is 7.09. The van der Waals surface area contributed by atoms with Crippen LogP contribution < -0.4 is 5.32 Å². The molecule has 3 heteroatoms. The highest BCUT2D eigenvalue weighted by atomic mass is 32.1. The average Bonchev–Trinajstić information content (AvgIpc) is 2.64. The summed E-state index contributed by atoms with van der Waals surface area (Å²) < 4.78 is 0. The third kappa shape index (κ3) is 2.42. The molecule has 0 bridgehead atoms. The fourth-order valence-electron chi connectivity index (χ4n) is 1.78. The Bertz CT molecular complexity index is 476. The molecule has 1 unspecified atom stereocenters. The molecule has 0 saturated heterocycles. The van der Waals surface area contributed by atoms with Crippen molar-refractivity contribution >= 4 is 17.0 Å².